The summed E-state index contributed by atoms with van der Waals surface area (Å²) in [5, 5.41) is 4.09. The van der Waals surface area contributed by atoms with Crippen LogP contribution in [0.25, 0.3) is 5.00 Å². The van der Waals surface area contributed by atoms with E-state index in [1.54, 1.807) is 23.3 Å². The molecule has 174 valence electrons. The lowest BCUT2D eigenvalue weighted by molar-refractivity contribution is 0.174. The Morgan fingerprint density at radius 1 is 1.18 bits per heavy atom. The molecule has 3 heterocycles. The number of ether oxygens (including phenoxy) is 1. The minimum absolute atomic E-state index is 0.253. The zero-order chi connectivity index (χ0) is 22.9. The summed E-state index contributed by atoms with van der Waals surface area (Å²) in [6.45, 7) is 1.40. The second-order valence-corrected chi connectivity index (χ2v) is 9.69. The summed E-state index contributed by atoms with van der Waals surface area (Å²) in [6.07, 6.45) is 7.05. The molecule has 2 aliphatic rings. The third-order valence-electron chi connectivity index (χ3n) is 6.44. The predicted molar refractivity (Wildman–Crippen MR) is 124 cm³/mol. The molecule has 8 heteroatoms. The van der Waals surface area contributed by atoms with Crippen LogP contribution in [0.2, 0.25) is 0 Å². The zero-order valence-corrected chi connectivity index (χ0v) is 19.4. The molecule has 33 heavy (non-hydrogen) atoms. The molecule has 2 amide bonds. The second-order valence-electron chi connectivity index (χ2n) is 8.61. The number of urea groups is 1. The van der Waals surface area contributed by atoms with Crippen molar-refractivity contribution in [2.75, 3.05) is 20.3 Å². The van der Waals surface area contributed by atoms with Crippen molar-refractivity contribution in [3.63, 3.8) is 0 Å². The maximum atomic E-state index is 14.3. The first-order chi connectivity index (χ1) is 16.1. The topological polar surface area (TPSA) is 46.5 Å². The second kappa shape index (κ2) is 9.27. The number of nitrogens with one attached hydrogen (secondary N) is 1. The highest BCUT2D eigenvalue weighted by atomic mass is 32.1. The minimum atomic E-state index is -0.653. The van der Waals surface area contributed by atoms with Gasteiger partial charge in [0.05, 0.1) is 12.2 Å². The third-order valence-corrected chi connectivity index (χ3v) is 7.78. The number of aryl methyl sites for hydroxylation is 1. The molecule has 1 N–H and O–H groups in total. The van der Waals surface area contributed by atoms with Gasteiger partial charge in [0.15, 0.2) is 0 Å². The van der Waals surface area contributed by atoms with Crippen molar-refractivity contribution in [1.82, 2.24) is 14.8 Å². The SMILES string of the molecule is COCCCNC(=O)N1Cc2c(sc3c2CCCC3)-n2cccc2[C@H]1c1cc(F)cc(F)c1. The molecule has 0 bridgehead atoms. The van der Waals surface area contributed by atoms with Gasteiger partial charge in [-0.2, -0.15) is 0 Å². The smallest absolute Gasteiger partial charge is 0.318 e. The van der Waals surface area contributed by atoms with Crippen molar-refractivity contribution in [1.29, 1.82) is 0 Å². The lowest BCUT2D eigenvalue weighted by Gasteiger charge is -2.31. The number of carbonyl (C=O) groups is 1. The number of hydrogen-bond acceptors (Lipinski definition) is 3. The number of carbonyl (C=O) groups excluding carboxylic acids is 1. The van der Waals surface area contributed by atoms with Gasteiger partial charge in [-0.25, -0.2) is 13.6 Å². The van der Waals surface area contributed by atoms with Crippen LogP contribution in [0.3, 0.4) is 0 Å². The van der Waals surface area contributed by atoms with Crippen LogP contribution in [0.15, 0.2) is 36.5 Å². The maximum Gasteiger partial charge on any atom is 0.318 e. The summed E-state index contributed by atoms with van der Waals surface area (Å²) < 4.78 is 35.7. The highest BCUT2D eigenvalue weighted by Crippen LogP contribution is 2.44. The number of hydrogen-bond donors (Lipinski definition) is 1. The Balaban J connectivity index is 1.62. The van der Waals surface area contributed by atoms with Gasteiger partial charge in [-0.05, 0) is 67.5 Å². The van der Waals surface area contributed by atoms with Crippen molar-refractivity contribution >= 4 is 17.4 Å². The highest BCUT2D eigenvalue weighted by molar-refractivity contribution is 7.15. The monoisotopic (exact) mass is 471 g/mol. The molecular weight excluding hydrogens is 444 g/mol. The van der Waals surface area contributed by atoms with E-state index in [-0.39, 0.29) is 6.03 Å². The number of rotatable bonds is 5. The molecule has 0 fully saturated rings. The van der Waals surface area contributed by atoms with Gasteiger partial charge >= 0.3 is 6.03 Å². The first-order valence-electron chi connectivity index (χ1n) is 11.4. The zero-order valence-electron chi connectivity index (χ0n) is 18.6. The normalized spacial score (nSPS) is 17.2. The Hall–Kier alpha value is -2.71. The molecule has 1 aromatic carbocycles. The number of aromatic nitrogens is 1. The fraction of sp³-hybridized carbons (Fsp3) is 0.400. The van der Waals surface area contributed by atoms with Crippen LogP contribution in [0.4, 0.5) is 13.6 Å². The molecule has 0 radical (unpaired) electrons. The fourth-order valence-corrected chi connectivity index (χ4v) is 6.39. The average molecular weight is 472 g/mol. The summed E-state index contributed by atoms with van der Waals surface area (Å²) in [5.41, 5.74) is 3.73. The molecule has 5 rings (SSSR count). The minimum Gasteiger partial charge on any atom is -0.385 e. The quantitative estimate of drug-likeness (QED) is 0.510. The van der Waals surface area contributed by atoms with Gasteiger partial charge in [-0.3, -0.25) is 0 Å². The van der Waals surface area contributed by atoms with Crippen LogP contribution in [-0.2, 0) is 24.1 Å². The lowest BCUT2D eigenvalue weighted by Crippen LogP contribution is -2.42. The van der Waals surface area contributed by atoms with E-state index in [1.807, 2.05) is 18.3 Å². The molecule has 0 saturated heterocycles. The number of nitrogens with zero attached hydrogens (tertiary/aromatic N) is 2. The van der Waals surface area contributed by atoms with Gasteiger partial charge in [-0.1, -0.05) is 0 Å². The van der Waals surface area contributed by atoms with Gasteiger partial charge in [0, 0.05) is 43.0 Å². The number of thiophene rings is 1. The largest absolute Gasteiger partial charge is 0.385 e. The molecule has 0 saturated carbocycles. The van der Waals surface area contributed by atoms with Crippen LogP contribution < -0.4 is 5.32 Å². The molecule has 1 aliphatic carbocycles. The lowest BCUT2D eigenvalue weighted by atomic mass is 9.95. The average Bonchev–Trinajstić information content (AvgIpc) is 3.37. The molecule has 5 nitrogen and oxygen atoms in total. The van der Waals surface area contributed by atoms with Crippen molar-refractivity contribution in [2.45, 2.75) is 44.7 Å². The Morgan fingerprint density at radius 3 is 2.76 bits per heavy atom. The van der Waals surface area contributed by atoms with E-state index in [2.05, 4.69) is 9.88 Å². The Labute approximate surface area is 196 Å². The fourth-order valence-electron chi connectivity index (χ4n) is 4.98. The molecule has 0 unspecified atom stereocenters. The van der Waals surface area contributed by atoms with Crippen molar-refractivity contribution < 1.29 is 18.3 Å². The molecular formula is C25H27F2N3O2S. The highest BCUT2D eigenvalue weighted by Gasteiger charge is 2.36. The predicted octanol–water partition coefficient (Wildman–Crippen LogP) is 5.35. The van der Waals surface area contributed by atoms with Crippen LogP contribution >= 0.6 is 11.3 Å². The third kappa shape index (κ3) is 4.17. The number of halogens is 2. The van der Waals surface area contributed by atoms with Crippen LogP contribution in [0.5, 0.6) is 0 Å². The summed E-state index contributed by atoms with van der Waals surface area (Å²) in [7, 11) is 1.63. The summed E-state index contributed by atoms with van der Waals surface area (Å²) in [6, 6.07) is 6.51. The van der Waals surface area contributed by atoms with Crippen molar-refractivity contribution in [2.24, 2.45) is 0 Å². The Morgan fingerprint density at radius 2 is 1.97 bits per heavy atom. The summed E-state index contributed by atoms with van der Waals surface area (Å²) in [5.74, 6) is -1.31. The standard InChI is InChI=1S/C25H27F2N3O2S/c1-32-11-5-9-28-25(31)30-15-20-19-6-2-3-8-22(19)33-24(20)29-10-4-7-21(29)23(30)16-12-17(26)14-18(27)13-16/h4,7,10,12-14,23H,2-3,5-6,8-9,11,15H2,1H3,(H,28,31)/t23-/m1/s1. The molecule has 2 aromatic heterocycles. The molecule has 0 spiro atoms. The van der Waals surface area contributed by atoms with Gasteiger partial charge in [0.2, 0.25) is 0 Å². The Bertz CT molecular complexity index is 1150. The molecule has 3 aromatic rings. The number of fused-ring (bicyclic) bond motifs is 5. The number of amides is 2. The Kier molecular flexibility index (Phi) is 6.21. The maximum absolute atomic E-state index is 14.3. The van der Waals surface area contributed by atoms with Gasteiger partial charge in [0.1, 0.15) is 22.7 Å². The summed E-state index contributed by atoms with van der Waals surface area (Å²) in [4.78, 5) is 16.6. The van der Waals surface area contributed by atoms with Crippen LogP contribution in [0, 0.1) is 11.6 Å². The van der Waals surface area contributed by atoms with E-state index in [9.17, 15) is 13.6 Å². The van der Waals surface area contributed by atoms with E-state index < -0.39 is 17.7 Å². The molecule has 1 aliphatic heterocycles. The van der Waals surface area contributed by atoms with Crippen LogP contribution in [0.1, 0.15) is 52.6 Å². The number of methoxy groups -OCH3 is 1. The van der Waals surface area contributed by atoms with Gasteiger partial charge in [0.25, 0.3) is 0 Å². The first-order valence-corrected chi connectivity index (χ1v) is 12.2. The van der Waals surface area contributed by atoms with Crippen molar-refractivity contribution in [3.8, 4) is 5.00 Å². The van der Waals surface area contributed by atoms with Crippen LogP contribution in [-0.4, -0.2) is 35.8 Å². The first kappa shape index (κ1) is 22.1. The number of benzene rings is 1. The summed E-state index contributed by atoms with van der Waals surface area (Å²) >= 11 is 1.78. The van der Waals surface area contributed by atoms with E-state index in [0.717, 1.165) is 41.6 Å². The van der Waals surface area contributed by atoms with E-state index in [4.69, 9.17) is 4.74 Å². The van der Waals surface area contributed by atoms with E-state index in [1.165, 1.54) is 29.0 Å². The van der Waals surface area contributed by atoms with Crippen molar-refractivity contribution in [3.05, 3.63) is 75.4 Å². The van der Waals surface area contributed by atoms with Gasteiger partial charge in [-0.15, -0.1) is 11.3 Å². The molecule has 1 atom stereocenters. The van der Waals surface area contributed by atoms with E-state index >= 15 is 0 Å². The van der Waals surface area contributed by atoms with Gasteiger partial charge < -0.3 is 19.5 Å². The van der Waals surface area contributed by atoms with E-state index in [0.29, 0.717) is 31.7 Å².